The molecule has 0 saturated carbocycles. The first-order valence-corrected chi connectivity index (χ1v) is 6.02. The number of allylic oxidation sites excluding steroid dienone is 5. The molecule has 0 N–H and O–H groups in total. The monoisotopic (exact) mass is 206 g/mol. The predicted molar refractivity (Wildman–Crippen MR) is 70.9 cm³/mol. The van der Waals surface area contributed by atoms with Gasteiger partial charge in [-0.05, 0) is 32.1 Å². The molecule has 0 aromatic carbocycles. The molecule has 1 atom stereocenters. The lowest BCUT2D eigenvalue weighted by Crippen LogP contribution is -2.09. The van der Waals surface area contributed by atoms with Gasteiger partial charge in [0, 0.05) is 0 Å². The van der Waals surface area contributed by atoms with Gasteiger partial charge in [-0.25, -0.2) is 0 Å². The van der Waals surface area contributed by atoms with Crippen molar-refractivity contribution in [3.63, 3.8) is 0 Å². The van der Waals surface area contributed by atoms with E-state index in [0.717, 1.165) is 0 Å². The first-order chi connectivity index (χ1) is 7.02. The minimum absolute atomic E-state index is 0.635. The van der Waals surface area contributed by atoms with Crippen molar-refractivity contribution in [1.29, 1.82) is 0 Å². The van der Waals surface area contributed by atoms with Gasteiger partial charge in [0.05, 0.1) is 0 Å². The summed E-state index contributed by atoms with van der Waals surface area (Å²) in [5.74, 6) is 1.32. The third kappa shape index (κ3) is 5.61. The van der Waals surface area contributed by atoms with Gasteiger partial charge in [0.15, 0.2) is 0 Å². The smallest absolute Gasteiger partial charge is 0.0145 e. The van der Waals surface area contributed by atoms with Crippen LogP contribution in [0.1, 0.15) is 47.5 Å². The van der Waals surface area contributed by atoms with Crippen molar-refractivity contribution in [2.24, 2.45) is 11.8 Å². The highest BCUT2D eigenvalue weighted by molar-refractivity contribution is 5.26. The molecular formula is C15H26. The van der Waals surface area contributed by atoms with Gasteiger partial charge in [0.1, 0.15) is 0 Å². The van der Waals surface area contributed by atoms with Crippen LogP contribution in [0.5, 0.6) is 0 Å². The minimum atomic E-state index is 0.635. The van der Waals surface area contributed by atoms with Gasteiger partial charge >= 0.3 is 0 Å². The lowest BCUT2D eigenvalue weighted by atomic mass is 9.85. The topological polar surface area (TPSA) is 0 Å². The maximum absolute atomic E-state index is 4.19. The van der Waals surface area contributed by atoms with Crippen molar-refractivity contribution < 1.29 is 0 Å². The summed E-state index contributed by atoms with van der Waals surface area (Å²) in [6.07, 6.45) is 8.94. The Balaban J connectivity index is 4.45. The third-order valence-electron chi connectivity index (χ3n) is 2.90. The Kier molecular flexibility index (Phi) is 7.11. The van der Waals surface area contributed by atoms with Gasteiger partial charge in [0.25, 0.3) is 0 Å². The molecule has 0 heterocycles. The quantitative estimate of drug-likeness (QED) is 0.528. The summed E-state index contributed by atoms with van der Waals surface area (Å²) < 4.78 is 0. The average Bonchev–Trinajstić information content (AvgIpc) is 2.21. The van der Waals surface area contributed by atoms with E-state index in [0.29, 0.717) is 11.8 Å². The molecule has 0 rings (SSSR count). The Morgan fingerprint density at radius 3 is 2.27 bits per heavy atom. The lowest BCUT2D eigenvalue weighted by Gasteiger charge is -2.20. The Morgan fingerprint density at radius 1 is 1.27 bits per heavy atom. The summed E-state index contributed by atoms with van der Waals surface area (Å²) in [4.78, 5) is 0. The zero-order valence-corrected chi connectivity index (χ0v) is 11.0. The summed E-state index contributed by atoms with van der Waals surface area (Å²) in [6.45, 7) is 15.2. The number of rotatable bonds is 6. The molecule has 86 valence electrons. The lowest BCUT2D eigenvalue weighted by molar-refractivity contribution is 0.418. The third-order valence-corrected chi connectivity index (χ3v) is 2.90. The van der Waals surface area contributed by atoms with Gasteiger partial charge in [0.2, 0.25) is 0 Å². The van der Waals surface area contributed by atoms with Crippen LogP contribution in [-0.4, -0.2) is 0 Å². The highest BCUT2D eigenvalue weighted by Gasteiger charge is 2.13. The number of hydrogen-bond acceptors (Lipinski definition) is 0. The van der Waals surface area contributed by atoms with Crippen molar-refractivity contribution in [2.75, 3.05) is 0 Å². The van der Waals surface area contributed by atoms with E-state index in [2.05, 4.69) is 59.4 Å². The van der Waals surface area contributed by atoms with E-state index in [1.807, 2.05) is 0 Å². The largest absolute Gasteiger partial charge is 0.0955 e. The summed E-state index contributed by atoms with van der Waals surface area (Å²) >= 11 is 0. The average molecular weight is 206 g/mol. The van der Waals surface area contributed by atoms with Crippen molar-refractivity contribution in [2.45, 2.75) is 47.5 Å². The Bertz CT molecular complexity index is 241. The molecule has 0 spiro atoms. The molecule has 0 aliphatic carbocycles. The SMILES string of the molecule is C=C(/C=C\C(C)=C/C)C(CCC)C(C)C. The molecular weight excluding hydrogens is 180 g/mol. The fourth-order valence-corrected chi connectivity index (χ4v) is 1.72. The van der Waals surface area contributed by atoms with Gasteiger partial charge < -0.3 is 0 Å². The Labute approximate surface area is 95.8 Å². The first-order valence-electron chi connectivity index (χ1n) is 6.02. The van der Waals surface area contributed by atoms with Crippen LogP contribution >= 0.6 is 0 Å². The summed E-state index contributed by atoms with van der Waals surface area (Å²) in [5.41, 5.74) is 2.57. The van der Waals surface area contributed by atoms with Crippen LogP contribution < -0.4 is 0 Å². The van der Waals surface area contributed by atoms with Crippen molar-refractivity contribution in [3.05, 3.63) is 36.0 Å². The van der Waals surface area contributed by atoms with Crippen molar-refractivity contribution in [3.8, 4) is 0 Å². The van der Waals surface area contributed by atoms with Crippen LogP contribution in [0.15, 0.2) is 36.0 Å². The molecule has 0 amide bonds. The normalized spacial score (nSPS) is 14.9. The van der Waals surface area contributed by atoms with Gasteiger partial charge in [-0.15, -0.1) is 0 Å². The first kappa shape index (κ1) is 14.2. The van der Waals surface area contributed by atoms with E-state index in [-0.39, 0.29) is 0 Å². The van der Waals surface area contributed by atoms with E-state index >= 15 is 0 Å². The van der Waals surface area contributed by atoms with E-state index < -0.39 is 0 Å². The number of hydrogen-bond donors (Lipinski definition) is 0. The summed E-state index contributed by atoms with van der Waals surface area (Å²) in [5, 5.41) is 0. The highest BCUT2D eigenvalue weighted by atomic mass is 14.2. The fourth-order valence-electron chi connectivity index (χ4n) is 1.72. The van der Waals surface area contributed by atoms with Crippen LogP contribution in [0, 0.1) is 11.8 Å². The molecule has 0 aromatic heterocycles. The Morgan fingerprint density at radius 2 is 1.87 bits per heavy atom. The molecule has 0 aliphatic heterocycles. The fraction of sp³-hybridized carbons (Fsp3) is 0.600. The zero-order valence-electron chi connectivity index (χ0n) is 11.0. The van der Waals surface area contributed by atoms with E-state index in [4.69, 9.17) is 0 Å². The standard InChI is InChI=1S/C15H26/c1-7-9-15(12(3)4)14(6)11-10-13(5)8-2/h8,10-12,15H,6-7,9H2,1-5H3/b11-10-,13-8-. The van der Waals surface area contributed by atoms with Crippen LogP contribution in [-0.2, 0) is 0 Å². The van der Waals surface area contributed by atoms with E-state index in [1.54, 1.807) is 0 Å². The molecule has 0 aromatic rings. The second kappa shape index (κ2) is 7.50. The molecule has 0 radical (unpaired) electrons. The van der Waals surface area contributed by atoms with E-state index in [1.165, 1.54) is 24.0 Å². The predicted octanol–water partition coefficient (Wildman–Crippen LogP) is 5.14. The van der Waals surface area contributed by atoms with E-state index in [9.17, 15) is 0 Å². The van der Waals surface area contributed by atoms with Crippen LogP contribution in [0.3, 0.4) is 0 Å². The van der Waals surface area contributed by atoms with Crippen molar-refractivity contribution in [1.82, 2.24) is 0 Å². The van der Waals surface area contributed by atoms with Crippen molar-refractivity contribution >= 4 is 0 Å². The highest BCUT2D eigenvalue weighted by Crippen LogP contribution is 2.25. The van der Waals surface area contributed by atoms with Gasteiger partial charge in [-0.3, -0.25) is 0 Å². The molecule has 15 heavy (non-hydrogen) atoms. The second-order valence-corrected chi connectivity index (χ2v) is 4.58. The molecule has 0 fully saturated rings. The maximum atomic E-state index is 4.19. The van der Waals surface area contributed by atoms with Gasteiger partial charge in [-0.1, -0.05) is 63.1 Å². The van der Waals surface area contributed by atoms with Gasteiger partial charge in [-0.2, -0.15) is 0 Å². The Hall–Kier alpha value is -0.780. The molecule has 0 heteroatoms. The zero-order chi connectivity index (χ0) is 11.8. The van der Waals surface area contributed by atoms with Crippen LogP contribution in [0.2, 0.25) is 0 Å². The molecule has 1 unspecified atom stereocenters. The molecule has 0 aliphatic rings. The minimum Gasteiger partial charge on any atom is -0.0955 e. The van der Waals surface area contributed by atoms with Crippen LogP contribution in [0.25, 0.3) is 0 Å². The molecule has 0 bridgehead atoms. The summed E-state index contributed by atoms with van der Waals surface area (Å²) in [6, 6.07) is 0. The summed E-state index contributed by atoms with van der Waals surface area (Å²) in [7, 11) is 0. The molecule has 0 saturated heterocycles. The molecule has 0 nitrogen and oxygen atoms in total. The van der Waals surface area contributed by atoms with Crippen LogP contribution in [0.4, 0.5) is 0 Å². The maximum Gasteiger partial charge on any atom is -0.0145 e. The second-order valence-electron chi connectivity index (χ2n) is 4.58.